The first kappa shape index (κ1) is 18.3. The third-order valence-corrected chi connectivity index (χ3v) is 4.51. The highest BCUT2D eigenvalue weighted by Crippen LogP contribution is 2.39. The van der Waals surface area contributed by atoms with Crippen molar-refractivity contribution in [3.63, 3.8) is 0 Å². The molecule has 2 saturated heterocycles. The van der Waals surface area contributed by atoms with E-state index in [0.717, 1.165) is 12.2 Å². The zero-order chi connectivity index (χ0) is 18.2. The Labute approximate surface area is 148 Å². The molecule has 0 radical (unpaired) electrons. The molecule has 0 aliphatic carbocycles. The van der Waals surface area contributed by atoms with Crippen LogP contribution in [0.3, 0.4) is 0 Å². The fourth-order valence-electron chi connectivity index (χ4n) is 3.30. The van der Waals surface area contributed by atoms with Crippen LogP contribution in [0.2, 0.25) is 0 Å². The predicted octanol–water partition coefficient (Wildman–Crippen LogP) is -0.0854. The number of nitrogens with zero attached hydrogens (tertiary/aromatic N) is 3. The number of nitrogen functional groups attached to an aromatic ring is 1. The molecule has 25 heavy (non-hydrogen) atoms. The molecule has 5 N–H and O–H groups in total. The number of fused-ring (bicyclic) bond motifs is 1. The number of aryl methyl sites for hydroxylation is 1. The first-order valence-corrected chi connectivity index (χ1v) is 8.54. The topological polar surface area (TPSA) is 121 Å². The number of anilines is 2. The van der Waals surface area contributed by atoms with Gasteiger partial charge in [0.15, 0.2) is 17.8 Å². The molecule has 1 aromatic rings. The summed E-state index contributed by atoms with van der Waals surface area (Å²) in [5.41, 5.74) is 12.9. The van der Waals surface area contributed by atoms with Crippen LogP contribution in [0, 0.1) is 6.92 Å². The van der Waals surface area contributed by atoms with Crippen LogP contribution >= 0.6 is 0 Å². The summed E-state index contributed by atoms with van der Waals surface area (Å²) in [7, 11) is 2.01. The minimum absolute atomic E-state index is 0.134. The molecule has 0 aromatic carbocycles. The van der Waals surface area contributed by atoms with Gasteiger partial charge in [0, 0.05) is 19.6 Å². The number of hydrogen-bond acceptors (Lipinski definition) is 9. The summed E-state index contributed by atoms with van der Waals surface area (Å²) < 4.78 is 18.3. The summed E-state index contributed by atoms with van der Waals surface area (Å²) >= 11 is 0. The zero-order valence-corrected chi connectivity index (χ0v) is 15.2. The Hall–Kier alpha value is -1.52. The molecule has 1 aromatic heterocycles. The molecule has 4 atom stereocenters. The van der Waals surface area contributed by atoms with Gasteiger partial charge in [0.25, 0.3) is 0 Å². The van der Waals surface area contributed by atoms with Crippen LogP contribution < -0.4 is 16.8 Å². The predicted molar refractivity (Wildman–Crippen MR) is 93.8 cm³/mol. The van der Waals surface area contributed by atoms with Gasteiger partial charge in [0.2, 0.25) is 0 Å². The van der Waals surface area contributed by atoms with Gasteiger partial charge in [-0.1, -0.05) is 0 Å². The maximum atomic E-state index is 6.18. The molecule has 9 nitrogen and oxygen atoms in total. The average molecular weight is 352 g/mol. The van der Waals surface area contributed by atoms with Crippen molar-refractivity contribution in [3.05, 3.63) is 12.0 Å². The lowest BCUT2D eigenvalue weighted by atomic mass is 10.1. The quantitative estimate of drug-likeness (QED) is 0.645. The Morgan fingerprint density at radius 2 is 2.00 bits per heavy atom. The highest BCUT2D eigenvalue weighted by Gasteiger charge is 2.55. The van der Waals surface area contributed by atoms with Gasteiger partial charge in [-0.15, -0.1) is 0 Å². The normalized spacial score (nSPS) is 30.6. The molecular formula is C16H28N6O3. The minimum Gasteiger partial charge on any atom is -0.394 e. The maximum Gasteiger partial charge on any atom is 0.164 e. The van der Waals surface area contributed by atoms with Crippen LogP contribution in [0.15, 0.2) is 6.33 Å². The van der Waals surface area contributed by atoms with E-state index in [0.29, 0.717) is 24.6 Å². The van der Waals surface area contributed by atoms with Gasteiger partial charge in [0.05, 0.1) is 11.4 Å². The van der Waals surface area contributed by atoms with E-state index in [1.54, 1.807) is 0 Å². The number of rotatable bonds is 6. The smallest absolute Gasteiger partial charge is 0.164 e. The van der Waals surface area contributed by atoms with E-state index in [1.807, 2.05) is 27.8 Å². The van der Waals surface area contributed by atoms with Crippen LogP contribution in [0.5, 0.6) is 0 Å². The van der Waals surface area contributed by atoms with Gasteiger partial charge < -0.3 is 35.9 Å². The van der Waals surface area contributed by atoms with Gasteiger partial charge in [-0.05, 0) is 27.8 Å². The Bertz CT molecular complexity index is 614. The largest absolute Gasteiger partial charge is 0.394 e. The van der Waals surface area contributed by atoms with Gasteiger partial charge >= 0.3 is 0 Å². The number of aromatic nitrogens is 2. The molecule has 3 rings (SSSR count). The standard InChI is InChI=1S/C16H28N6O3/c1-9-11(18)14(20-8-19-9)21-15-13-12(24-16(2,3)25-13)10(23-15)7-22(4)6-5-17/h8,10,12-13,15H,5-7,17-18H2,1-4H3,(H,19,20,21)/t10-,12-,13-,15-/m1/s1. The lowest BCUT2D eigenvalue weighted by Gasteiger charge is -2.27. The van der Waals surface area contributed by atoms with Crippen molar-refractivity contribution in [1.82, 2.24) is 14.9 Å². The lowest BCUT2D eigenvalue weighted by Crippen LogP contribution is -2.40. The van der Waals surface area contributed by atoms with Crippen LogP contribution in [-0.4, -0.2) is 71.9 Å². The van der Waals surface area contributed by atoms with Gasteiger partial charge in [-0.25, -0.2) is 9.97 Å². The van der Waals surface area contributed by atoms with E-state index < -0.39 is 12.0 Å². The van der Waals surface area contributed by atoms with Gasteiger partial charge in [0.1, 0.15) is 24.6 Å². The van der Waals surface area contributed by atoms with E-state index in [2.05, 4.69) is 20.2 Å². The van der Waals surface area contributed by atoms with E-state index in [1.165, 1.54) is 6.33 Å². The molecule has 2 aliphatic heterocycles. The number of hydrogen-bond donors (Lipinski definition) is 3. The zero-order valence-electron chi connectivity index (χ0n) is 15.2. The molecule has 0 saturated carbocycles. The molecule has 0 bridgehead atoms. The Morgan fingerprint density at radius 1 is 1.28 bits per heavy atom. The summed E-state index contributed by atoms with van der Waals surface area (Å²) in [5.74, 6) is -0.114. The summed E-state index contributed by atoms with van der Waals surface area (Å²) in [6.07, 6.45) is 0.519. The van der Waals surface area contributed by atoms with Crippen molar-refractivity contribution in [2.24, 2.45) is 5.73 Å². The van der Waals surface area contributed by atoms with Crippen LogP contribution in [0.4, 0.5) is 11.5 Å². The van der Waals surface area contributed by atoms with Crippen molar-refractivity contribution in [3.8, 4) is 0 Å². The Kier molecular flexibility index (Phi) is 5.12. The van der Waals surface area contributed by atoms with Crippen LogP contribution in [0.1, 0.15) is 19.5 Å². The number of likely N-dealkylation sites (N-methyl/N-ethyl adjacent to an activating group) is 1. The third-order valence-electron chi connectivity index (χ3n) is 4.51. The minimum atomic E-state index is -0.656. The second kappa shape index (κ2) is 7.00. The fraction of sp³-hybridized carbons (Fsp3) is 0.750. The first-order chi connectivity index (χ1) is 11.8. The summed E-state index contributed by atoms with van der Waals surface area (Å²) in [4.78, 5) is 10.4. The molecule has 0 amide bonds. The number of nitrogens with two attached hydrogens (primary N) is 2. The second-order valence-electron chi connectivity index (χ2n) is 7.08. The molecule has 140 valence electrons. The van der Waals surface area contributed by atoms with E-state index >= 15 is 0 Å². The van der Waals surface area contributed by atoms with Crippen LogP contribution in [0.25, 0.3) is 0 Å². The summed E-state index contributed by atoms with van der Waals surface area (Å²) in [5, 5.41) is 3.25. The van der Waals surface area contributed by atoms with E-state index in [9.17, 15) is 0 Å². The molecule has 3 heterocycles. The van der Waals surface area contributed by atoms with Crippen molar-refractivity contribution < 1.29 is 14.2 Å². The van der Waals surface area contributed by atoms with Crippen LogP contribution in [-0.2, 0) is 14.2 Å². The fourth-order valence-corrected chi connectivity index (χ4v) is 3.30. The molecular weight excluding hydrogens is 324 g/mol. The molecule has 2 fully saturated rings. The number of nitrogens with one attached hydrogen (secondary N) is 1. The highest BCUT2D eigenvalue weighted by atomic mass is 16.8. The Morgan fingerprint density at radius 3 is 2.72 bits per heavy atom. The van der Waals surface area contributed by atoms with Crippen molar-refractivity contribution >= 4 is 11.5 Å². The average Bonchev–Trinajstić information content (AvgIpc) is 2.99. The molecule has 9 heteroatoms. The van der Waals surface area contributed by atoms with Crippen molar-refractivity contribution in [2.75, 3.05) is 37.7 Å². The van der Waals surface area contributed by atoms with Gasteiger partial charge in [-0.3, -0.25) is 0 Å². The molecule has 0 spiro atoms. The Balaban J connectivity index is 1.76. The highest BCUT2D eigenvalue weighted by molar-refractivity contribution is 5.63. The lowest BCUT2D eigenvalue weighted by molar-refractivity contribution is -0.185. The first-order valence-electron chi connectivity index (χ1n) is 8.54. The monoisotopic (exact) mass is 352 g/mol. The maximum absolute atomic E-state index is 6.18. The van der Waals surface area contributed by atoms with Crippen molar-refractivity contribution in [1.29, 1.82) is 0 Å². The van der Waals surface area contributed by atoms with E-state index in [-0.39, 0.29) is 18.3 Å². The molecule has 2 aliphatic rings. The van der Waals surface area contributed by atoms with Gasteiger partial charge in [-0.2, -0.15) is 0 Å². The van der Waals surface area contributed by atoms with E-state index in [4.69, 9.17) is 25.7 Å². The number of ether oxygens (including phenoxy) is 3. The third kappa shape index (κ3) is 3.85. The summed E-state index contributed by atoms with van der Waals surface area (Å²) in [6.45, 7) is 7.74. The molecule has 0 unspecified atom stereocenters. The van der Waals surface area contributed by atoms with Crippen molar-refractivity contribution in [2.45, 2.75) is 51.1 Å². The second-order valence-corrected chi connectivity index (χ2v) is 7.08. The SMILES string of the molecule is Cc1ncnc(N[C@@H]2O[C@H](CN(C)CCN)[C@H]3OC(C)(C)O[C@H]32)c1N. The summed E-state index contributed by atoms with van der Waals surface area (Å²) in [6, 6.07) is 0.